The lowest BCUT2D eigenvalue weighted by molar-refractivity contribution is -0.135. The molecular weight excluding hydrogens is 383 g/mol. The van der Waals surface area contributed by atoms with E-state index in [0.717, 1.165) is 13.8 Å². The Hall–Kier alpha value is -1.89. The second-order valence-corrected chi connectivity index (χ2v) is 5.16. The maximum atomic E-state index is 9.00. The second-order valence-electron chi connectivity index (χ2n) is 3.91. The number of halogens is 1. The van der Waals surface area contributed by atoms with Gasteiger partial charge in [0.15, 0.2) is 0 Å². The fourth-order valence-electron chi connectivity index (χ4n) is 1.27. The summed E-state index contributed by atoms with van der Waals surface area (Å²) in [4.78, 5) is 18.0. The molecule has 0 amide bonds. The lowest BCUT2D eigenvalue weighted by Gasteiger charge is -2.00. The highest BCUT2D eigenvalue weighted by Crippen LogP contribution is 2.19. The summed E-state index contributed by atoms with van der Waals surface area (Å²) in [6, 6.07) is 19.0. The average molecular weight is 400 g/mol. The minimum Gasteiger partial charge on any atom is -0.481 e. The first-order chi connectivity index (χ1) is 9.82. The normalized spacial score (nSPS) is 8.52. The molecule has 0 spiro atoms. The number of carbonyl (C=O) groups is 2. The van der Waals surface area contributed by atoms with E-state index < -0.39 is 11.9 Å². The van der Waals surface area contributed by atoms with Gasteiger partial charge in [0.2, 0.25) is 0 Å². The molecule has 0 bridgehead atoms. The molecule has 5 heteroatoms. The molecule has 112 valence electrons. The molecule has 2 N–H and O–H groups in total. The van der Waals surface area contributed by atoms with Gasteiger partial charge in [-0.05, 0) is 45.9 Å². The molecule has 4 nitrogen and oxygen atoms in total. The Morgan fingerprint density at radius 3 is 1.48 bits per heavy atom. The van der Waals surface area contributed by atoms with Gasteiger partial charge in [0, 0.05) is 17.4 Å². The molecule has 21 heavy (non-hydrogen) atoms. The number of hydrogen-bond acceptors (Lipinski definition) is 2. The summed E-state index contributed by atoms with van der Waals surface area (Å²) >= 11 is 2.32. The van der Waals surface area contributed by atoms with Crippen molar-refractivity contribution in [2.75, 3.05) is 0 Å². The van der Waals surface area contributed by atoms with E-state index >= 15 is 0 Å². The first kappa shape index (κ1) is 19.1. The zero-order valence-electron chi connectivity index (χ0n) is 11.8. The number of rotatable bonds is 1. The first-order valence-electron chi connectivity index (χ1n) is 6.03. The fraction of sp³-hybridized carbons (Fsp3) is 0.125. The van der Waals surface area contributed by atoms with Gasteiger partial charge < -0.3 is 10.2 Å². The molecule has 0 aliphatic heterocycles. The summed E-state index contributed by atoms with van der Waals surface area (Å²) in [6.07, 6.45) is 0. The van der Waals surface area contributed by atoms with E-state index in [1.54, 1.807) is 0 Å². The third-order valence-electron chi connectivity index (χ3n) is 1.95. The number of aliphatic carboxylic acids is 2. The Bertz CT molecular complexity index is 530. The molecule has 0 aliphatic carbocycles. The molecular formula is C16H17IO4. The summed E-state index contributed by atoms with van der Waals surface area (Å²) in [5.74, 6) is -1.67. The van der Waals surface area contributed by atoms with Gasteiger partial charge in [-0.1, -0.05) is 42.5 Å². The number of carboxylic acids is 2. The zero-order chi connectivity index (χ0) is 16.3. The lowest BCUT2D eigenvalue weighted by Crippen LogP contribution is -1.78. The monoisotopic (exact) mass is 400 g/mol. The maximum Gasteiger partial charge on any atom is 0.300 e. The second kappa shape index (κ2) is 10.8. The fourth-order valence-corrected chi connectivity index (χ4v) is 1.63. The van der Waals surface area contributed by atoms with Crippen LogP contribution in [0.5, 0.6) is 0 Å². The minimum atomic E-state index is -0.833. The highest BCUT2D eigenvalue weighted by molar-refractivity contribution is 14.1. The van der Waals surface area contributed by atoms with E-state index in [0.29, 0.717) is 0 Å². The predicted octanol–water partition coefficient (Wildman–Crippen LogP) is 4.14. The third kappa shape index (κ3) is 11.6. The van der Waals surface area contributed by atoms with Crippen LogP contribution in [-0.4, -0.2) is 22.2 Å². The Kier molecular flexibility index (Phi) is 9.87. The Morgan fingerprint density at radius 1 is 0.762 bits per heavy atom. The molecule has 0 saturated heterocycles. The highest BCUT2D eigenvalue weighted by atomic mass is 127. The Labute approximate surface area is 137 Å². The molecule has 0 fully saturated rings. The molecule has 0 heterocycles. The smallest absolute Gasteiger partial charge is 0.300 e. The standard InChI is InChI=1S/C12H9I.2C2H4O2/c13-12-8-6-11(7-9-12)10-4-2-1-3-5-10;2*1-2(3)4/h1-9H;2*1H3,(H,3,4). The van der Waals surface area contributed by atoms with E-state index in [2.05, 4.69) is 71.1 Å². The quantitative estimate of drug-likeness (QED) is 0.706. The van der Waals surface area contributed by atoms with E-state index in [-0.39, 0.29) is 0 Å². The molecule has 0 atom stereocenters. The highest BCUT2D eigenvalue weighted by Gasteiger charge is 1.94. The molecule has 2 aromatic carbocycles. The van der Waals surface area contributed by atoms with Crippen molar-refractivity contribution in [2.24, 2.45) is 0 Å². The van der Waals surface area contributed by atoms with Gasteiger partial charge in [-0.2, -0.15) is 0 Å². The molecule has 0 aliphatic rings. The Balaban J connectivity index is 0.000000421. The van der Waals surface area contributed by atoms with Crippen LogP contribution in [0.25, 0.3) is 11.1 Å². The van der Waals surface area contributed by atoms with Crippen LogP contribution in [0.1, 0.15) is 13.8 Å². The van der Waals surface area contributed by atoms with E-state index in [4.69, 9.17) is 19.8 Å². The van der Waals surface area contributed by atoms with Gasteiger partial charge in [0.1, 0.15) is 0 Å². The lowest BCUT2D eigenvalue weighted by atomic mass is 10.1. The van der Waals surface area contributed by atoms with Crippen LogP contribution in [0, 0.1) is 3.57 Å². The van der Waals surface area contributed by atoms with Crippen LogP contribution in [0.4, 0.5) is 0 Å². The van der Waals surface area contributed by atoms with Gasteiger partial charge in [-0.25, -0.2) is 0 Å². The van der Waals surface area contributed by atoms with Crippen molar-refractivity contribution >= 4 is 34.5 Å². The van der Waals surface area contributed by atoms with Crippen molar-refractivity contribution in [1.29, 1.82) is 0 Å². The van der Waals surface area contributed by atoms with Crippen molar-refractivity contribution in [3.8, 4) is 11.1 Å². The largest absolute Gasteiger partial charge is 0.481 e. The van der Waals surface area contributed by atoms with Crippen LogP contribution < -0.4 is 0 Å². The van der Waals surface area contributed by atoms with Crippen LogP contribution >= 0.6 is 22.6 Å². The van der Waals surface area contributed by atoms with E-state index in [1.807, 2.05) is 6.07 Å². The molecule has 0 unspecified atom stereocenters. The maximum absolute atomic E-state index is 9.00. The number of hydrogen-bond donors (Lipinski definition) is 2. The number of carboxylic acid groups (broad SMARTS) is 2. The SMILES string of the molecule is CC(=O)O.CC(=O)O.Ic1ccc(-c2ccccc2)cc1. The minimum absolute atomic E-state index is 0.833. The third-order valence-corrected chi connectivity index (χ3v) is 2.67. The first-order valence-corrected chi connectivity index (χ1v) is 7.11. The van der Waals surface area contributed by atoms with E-state index in [9.17, 15) is 0 Å². The summed E-state index contributed by atoms with van der Waals surface area (Å²) in [7, 11) is 0. The topological polar surface area (TPSA) is 74.6 Å². The van der Waals surface area contributed by atoms with Gasteiger partial charge in [-0.3, -0.25) is 9.59 Å². The van der Waals surface area contributed by atoms with Crippen LogP contribution in [0.15, 0.2) is 54.6 Å². The zero-order valence-corrected chi connectivity index (χ0v) is 13.9. The van der Waals surface area contributed by atoms with Gasteiger partial charge in [-0.15, -0.1) is 0 Å². The van der Waals surface area contributed by atoms with Crippen LogP contribution in [0.2, 0.25) is 0 Å². The summed E-state index contributed by atoms with van der Waals surface area (Å²) < 4.78 is 1.28. The van der Waals surface area contributed by atoms with Crippen LogP contribution in [0.3, 0.4) is 0 Å². The Morgan fingerprint density at radius 2 is 1.10 bits per heavy atom. The molecule has 0 saturated carbocycles. The van der Waals surface area contributed by atoms with E-state index in [1.165, 1.54) is 14.7 Å². The van der Waals surface area contributed by atoms with Crippen molar-refractivity contribution in [1.82, 2.24) is 0 Å². The van der Waals surface area contributed by atoms with Crippen molar-refractivity contribution in [2.45, 2.75) is 13.8 Å². The van der Waals surface area contributed by atoms with Crippen molar-refractivity contribution in [3.63, 3.8) is 0 Å². The number of benzene rings is 2. The summed E-state index contributed by atoms with van der Waals surface area (Å²) in [6.45, 7) is 2.17. The van der Waals surface area contributed by atoms with Gasteiger partial charge in [0.05, 0.1) is 0 Å². The molecule has 2 rings (SSSR count). The average Bonchev–Trinajstić information content (AvgIpc) is 2.39. The van der Waals surface area contributed by atoms with Crippen LogP contribution in [-0.2, 0) is 9.59 Å². The predicted molar refractivity (Wildman–Crippen MR) is 91.2 cm³/mol. The van der Waals surface area contributed by atoms with Crippen molar-refractivity contribution in [3.05, 3.63) is 58.2 Å². The van der Waals surface area contributed by atoms with Gasteiger partial charge >= 0.3 is 0 Å². The van der Waals surface area contributed by atoms with Gasteiger partial charge in [0.25, 0.3) is 11.9 Å². The molecule has 0 aromatic heterocycles. The van der Waals surface area contributed by atoms with Crippen molar-refractivity contribution < 1.29 is 19.8 Å². The molecule has 0 radical (unpaired) electrons. The molecule has 2 aromatic rings. The summed E-state index contributed by atoms with van der Waals surface area (Å²) in [5, 5.41) is 14.8. The summed E-state index contributed by atoms with van der Waals surface area (Å²) in [5.41, 5.74) is 2.56.